The molecule has 5 N–H and O–H groups in total. The molecule has 12 heteroatoms. The van der Waals surface area contributed by atoms with Crippen LogP contribution in [0.5, 0.6) is 0 Å². The van der Waals surface area contributed by atoms with Gasteiger partial charge in [0.1, 0.15) is 5.82 Å². The van der Waals surface area contributed by atoms with Crippen molar-refractivity contribution in [3.05, 3.63) is 24.0 Å². The van der Waals surface area contributed by atoms with Crippen molar-refractivity contribution in [1.82, 2.24) is 9.97 Å². The van der Waals surface area contributed by atoms with Crippen molar-refractivity contribution in [2.24, 2.45) is 5.73 Å². The molecule has 0 aliphatic carbocycles. The minimum Gasteiger partial charge on any atom is -0.726 e. The zero-order chi connectivity index (χ0) is 15.6. The first-order valence-corrected chi connectivity index (χ1v) is 7.65. The molecule has 0 spiro atoms. The van der Waals surface area contributed by atoms with E-state index in [0.717, 1.165) is 0 Å². The van der Waals surface area contributed by atoms with Gasteiger partial charge < -0.3 is 15.3 Å². The maximum Gasteiger partial charge on any atom is 1.00 e. The van der Waals surface area contributed by atoms with E-state index in [4.69, 9.17) is 27.8 Å². The van der Waals surface area contributed by atoms with Gasteiger partial charge in [0, 0.05) is 0 Å². The molecular formula is C8H11N3O7S2. The number of benzene rings is 1. The molecule has 2 aromatic rings. The second-order valence-corrected chi connectivity index (χ2v) is 5.75. The first-order valence-electron chi connectivity index (χ1n) is 4.85. The van der Waals surface area contributed by atoms with E-state index in [0.29, 0.717) is 16.9 Å². The average molecular weight is 325 g/mol. The lowest BCUT2D eigenvalue weighted by Gasteiger charge is -1.94. The zero-order valence-corrected chi connectivity index (χ0v) is 11.3. The molecule has 0 radical (unpaired) electrons. The van der Waals surface area contributed by atoms with E-state index in [2.05, 4.69) is 9.97 Å². The van der Waals surface area contributed by atoms with Crippen molar-refractivity contribution < 1.29 is 31.9 Å². The first kappa shape index (κ1) is 16.5. The summed E-state index contributed by atoms with van der Waals surface area (Å²) >= 11 is 0. The van der Waals surface area contributed by atoms with Gasteiger partial charge in [-0.2, -0.15) is 8.42 Å². The fraction of sp³-hybridized carbons (Fsp3) is 0.125. The highest BCUT2D eigenvalue weighted by molar-refractivity contribution is 7.85. The number of nitrogens with two attached hydrogens (primary N) is 1. The number of aromatic nitrogens is 2. The molecule has 112 valence electrons. The molecular weight excluding hydrogens is 314 g/mol. The van der Waals surface area contributed by atoms with Gasteiger partial charge in [0.05, 0.1) is 22.5 Å². The minimum absolute atomic E-state index is 0. The Labute approximate surface area is 115 Å². The van der Waals surface area contributed by atoms with Crippen LogP contribution in [0.4, 0.5) is 0 Å². The van der Waals surface area contributed by atoms with Crippen molar-refractivity contribution in [2.75, 3.05) is 0 Å². The smallest absolute Gasteiger partial charge is 0.726 e. The highest BCUT2D eigenvalue weighted by Gasteiger charge is 2.11. The molecule has 0 aliphatic heterocycles. The molecule has 0 saturated carbocycles. The summed E-state index contributed by atoms with van der Waals surface area (Å²) in [7, 11) is -9.09. The molecule has 0 unspecified atom stereocenters. The predicted molar refractivity (Wildman–Crippen MR) is 67.2 cm³/mol. The molecule has 0 aliphatic rings. The molecule has 1 aromatic carbocycles. The van der Waals surface area contributed by atoms with Crippen LogP contribution in [0.3, 0.4) is 0 Å². The summed E-state index contributed by atoms with van der Waals surface area (Å²) in [5, 5.41) is 0. The minimum atomic E-state index is -4.92. The number of hydrogen-bond acceptors (Lipinski definition) is 7. The Morgan fingerprint density at radius 1 is 1.30 bits per heavy atom. The van der Waals surface area contributed by atoms with Crippen LogP contribution in [0.15, 0.2) is 23.1 Å². The van der Waals surface area contributed by atoms with Gasteiger partial charge in [0.25, 0.3) is 10.1 Å². The molecule has 0 amide bonds. The highest BCUT2D eigenvalue weighted by Crippen LogP contribution is 2.16. The Morgan fingerprint density at radius 2 is 1.85 bits per heavy atom. The molecule has 10 nitrogen and oxygen atoms in total. The Morgan fingerprint density at radius 3 is 2.30 bits per heavy atom. The number of hydrogen-bond donors (Lipinski definition) is 4. The van der Waals surface area contributed by atoms with E-state index in [1.807, 2.05) is 0 Å². The summed E-state index contributed by atoms with van der Waals surface area (Å²) in [6.07, 6.45) is 0. The summed E-state index contributed by atoms with van der Waals surface area (Å²) in [5.74, 6) is 0.567. The third kappa shape index (κ3) is 5.20. The van der Waals surface area contributed by atoms with E-state index in [-0.39, 0.29) is 12.9 Å². The van der Waals surface area contributed by atoms with Gasteiger partial charge >= 0.3 is 1.43 Å². The van der Waals surface area contributed by atoms with Crippen LogP contribution in [0, 0.1) is 0 Å². The summed E-state index contributed by atoms with van der Waals surface area (Å²) in [6.45, 7) is 0.246. The highest BCUT2D eigenvalue weighted by atomic mass is 32.3. The second-order valence-electron chi connectivity index (χ2n) is 3.47. The maximum absolute atomic E-state index is 10.8. The van der Waals surface area contributed by atoms with Gasteiger partial charge in [0.2, 0.25) is 10.4 Å². The van der Waals surface area contributed by atoms with Gasteiger partial charge in [-0.3, -0.25) is 9.11 Å². The average Bonchev–Trinajstić information content (AvgIpc) is 2.66. The van der Waals surface area contributed by atoms with E-state index in [9.17, 15) is 8.42 Å². The predicted octanol–water partition coefficient (Wildman–Crippen LogP) is -0.615. The standard InChI is InChI=1S/C8H9N3O3S.H2O4S/c9-4-8-10-6-2-1-5(15(12,13)14)3-7(6)11-8;1-5(2,3)4/h1-3H,4,9H2,(H,10,11)(H,12,13,14);(H2,1,2,3,4). The topological polar surface area (TPSA) is 186 Å². The van der Waals surface area contributed by atoms with Crippen molar-refractivity contribution in [3.63, 3.8) is 0 Å². The Kier molecular flexibility index (Phi) is 4.80. The summed E-state index contributed by atoms with van der Waals surface area (Å²) in [6, 6.07) is 4.13. The monoisotopic (exact) mass is 325 g/mol. The first-order chi connectivity index (χ1) is 9.00. The van der Waals surface area contributed by atoms with Crippen LogP contribution < -0.4 is 5.73 Å². The lowest BCUT2D eigenvalue weighted by molar-refractivity contribution is 0.366. The Hall–Kier alpha value is -1.57. The molecule has 1 aromatic heterocycles. The summed E-state index contributed by atoms with van der Waals surface area (Å²) in [4.78, 5) is 6.78. The molecule has 0 saturated heterocycles. The number of fused-ring (bicyclic) bond motifs is 1. The van der Waals surface area contributed by atoms with Gasteiger partial charge in [-0.05, 0) is 18.2 Å². The lowest BCUT2D eigenvalue weighted by Crippen LogP contribution is -1.97. The number of H-pyrrole nitrogens is 1. The lowest BCUT2D eigenvalue weighted by atomic mass is 10.3. The van der Waals surface area contributed by atoms with Crippen LogP contribution in [-0.4, -0.2) is 40.5 Å². The van der Waals surface area contributed by atoms with Gasteiger partial charge in [-0.1, -0.05) is 0 Å². The normalized spacial score (nSPS) is 12.0. The summed E-state index contributed by atoms with van der Waals surface area (Å²) in [5.41, 5.74) is 6.52. The van der Waals surface area contributed by atoms with E-state index in [1.54, 1.807) is 0 Å². The van der Waals surface area contributed by atoms with Gasteiger partial charge in [-0.25, -0.2) is 13.4 Å². The number of imidazole rings is 1. The van der Waals surface area contributed by atoms with Crippen molar-refractivity contribution in [2.45, 2.75) is 11.4 Å². The molecule has 20 heavy (non-hydrogen) atoms. The van der Waals surface area contributed by atoms with E-state index in [1.165, 1.54) is 18.2 Å². The third-order valence-corrected chi connectivity index (χ3v) is 2.84. The SMILES string of the molecule is NCc1nc2cc(S(=O)(=O)O)ccc2[nH]1.O=S(=O)([O-])O.[H+]. The van der Waals surface area contributed by atoms with Crippen LogP contribution in [0.25, 0.3) is 11.0 Å². The van der Waals surface area contributed by atoms with E-state index < -0.39 is 20.5 Å². The number of rotatable bonds is 2. The van der Waals surface area contributed by atoms with Gasteiger partial charge in [0.15, 0.2) is 0 Å². The molecule has 1 heterocycles. The Balaban J connectivity index is 0.000000583. The fourth-order valence-corrected chi connectivity index (χ4v) is 1.80. The summed E-state index contributed by atoms with van der Waals surface area (Å²) < 4.78 is 63.3. The van der Waals surface area contributed by atoms with Crippen molar-refractivity contribution >= 4 is 31.6 Å². The number of nitrogens with zero attached hydrogens (tertiary/aromatic N) is 1. The van der Waals surface area contributed by atoms with Crippen molar-refractivity contribution in [3.8, 4) is 0 Å². The van der Waals surface area contributed by atoms with Crippen molar-refractivity contribution in [1.29, 1.82) is 0 Å². The quantitative estimate of drug-likeness (QED) is 0.412. The zero-order valence-electron chi connectivity index (χ0n) is 10.7. The van der Waals surface area contributed by atoms with Crippen LogP contribution >= 0.6 is 0 Å². The van der Waals surface area contributed by atoms with Crippen LogP contribution in [0.2, 0.25) is 0 Å². The van der Waals surface area contributed by atoms with Crippen LogP contribution in [-0.2, 0) is 27.1 Å². The molecule has 2 rings (SSSR count). The Bertz CT molecular complexity index is 808. The maximum atomic E-state index is 10.8. The van der Waals surface area contributed by atoms with Crippen LogP contribution in [0.1, 0.15) is 7.25 Å². The number of nitrogens with one attached hydrogen (secondary N) is 1. The third-order valence-electron chi connectivity index (χ3n) is 1.99. The molecule has 0 atom stereocenters. The largest absolute Gasteiger partial charge is 1.00 e. The molecule has 0 fully saturated rings. The van der Waals surface area contributed by atoms with Gasteiger partial charge in [-0.15, -0.1) is 0 Å². The number of aromatic amines is 1. The van der Waals surface area contributed by atoms with E-state index >= 15 is 0 Å². The second kappa shape index (κ2) is 5.82. The fourth-order valence-electron chi connectivity index (χ4n) is 1.30. The molecule has 0 bridgehead atoms.